The molecule has 10 heteroatoms. The molecule has 5 rings (SSSR count). The maximum Gasteiger partial charge on any atom is 0.516 e. The molecule has 1 aliphatic carbocycles. The van der Waals surface area contributed by atoms with E-state index < -0.39 is 15.5 Å². The highest BCUT2D eigenvalue weighted by molar-refractivity contribution is 7.93. The van der Waals surface area contributed by atoms with E-state index in [1.54, 1.807) is 35.2 Å². The van der Waals surface area contributed by atoms with Gasteiger partial charge in [0.1, 0.15) is 0 Å². The third-order valence-electron chi connectivity index (χ3n) is 5.92. The van der Waals surface area contributed by atoms with Gasteiger partial charge in [-0.25, -0.2) is 9.50 Å². The number of para-hydroxylation sites is 1. The van der Waals surface area contributed by atoms with Crippen molar-refractivity contribution >= 4 is 21.4 Å². The molecular formula is C24H21F3N4O2S. The molecule has 1 saturated carbocycles. The van der Waals surface area contributed by atoms with E-state index >= 15 is 0 Å². The molecule has 0 spiro atoms. The van der Waals surface area contributed by atoms with E-state index in [-0.39, 0.29) is 5.69 Å². The average molecular weight is 487 g/mol. The molecule has 34 heavy (non-hydrogen) atoms. The molecule has 4 aromatic rings. The molecule has 1 fully saturated rings. The van der Waals surface area contributed by atoms with E-state index in [2.05, 4.69) is 4.98 Å². The maximum atomic E-state index is 12.9. The molecular weight excluding hydrogens is 465 g/mol. The second kappa shape index (κ2) is 8.12. The van der Waals surface area contributed by atoms with E-state index in [9.17, 15) is 21.6 Å². The van der Waals surface area contributed by atoms with Crippen LogP contribution in [-0.2, 0) is 16.4 Å². The third-order valence-corrected chi connectivity index (χ3v) is 7.02. The first-order chi connectivity index (χ1) is 16.1. The molecule has 176 valence electrons. The molecule has 1 N–H and O–H groups in total. The van der Waals surface area contributed by atoms with Crippen molar-refractivity contribution in [3.63, 3.8) is 0 Å². The molecule has 0 atom stereocenters. The number of alkyl halides is 3. The number of rotatable bonds is 6. The SMILES string of the molecule is Cc1ccnc2c(Cc3ccc(-c4ccccc4NS(=O)(=O)C(F)(F)F)cc3)c(C3CC3)nn12. The number of aromatic nitrogens is 3. The van der Waals surface area contributed by atoms with Crippen molar-refractivity contribution in [2.24, 2.45) is 0 Å². The van der Waals surface area contributed by atoms with E-state index in [4.69, 9.17) is 5.10 Å². The van der Waals surface area contributed by atoms with Gasteiger partial charge in [0.05, 0.1) is 11.4 Å². The predicted molar refractivity (Wildman–Crippen MR) is 123 cm³/mol. The van der Waals surface area contributed by atoms with E-state index in [0.717, 1.165) is 41.0 Å². The summed E-state index contributed by atoms with van der Waals surface area (Å²) >= 11 is 0. The van der Waals surface area contributed by atoms with E-state index in [1.165, 1.54) is 12.1 Å². The number of halogens is 3. The standard InChI is InChI=1S/C24H21F3N4O2S/c1-15-12-13-28-23-20(22(18-10-11-18)29-31(15)23)14-16-6-8-17(9-7-16)19-4-2-3-5-21(19)30-34(32,33)24(25,26)27/h2-9,12-13,18,30H,10-11,14H2,1H3. The fraction of sp³-hybridized carbons (Fsp3) is 0.250. The summed E-state index contributed by atoms with van der Waals surface area (Å²) in [5, 5.41) is 4.80. The number of nitrogens with zero attached hydrogens (tertiary/aromatic N) is 3. The number of fused-ring (bicyclic) bond motifs is 1. The fourth-order valence-electron chi connectivity index (χ4n) is 4.01. The van der Waals surface area contributed by atoms with Gasteiger partial charge in [-0.05, 0) is 43.0 Å². The number of benzene rings is 2. The molecule has 1 aliphatic rings. The van der Waals surface area contributed by atoms with Crippen molar-refractivity contribution in [2.75, 3.05) is 4.72 Å². The minimum atomic E-state index is -5.52. The summed E-state index contributed by atoms with van der Waals surface area (Å²) in [6, 6.07) is 15.2. The van der Waals surface area contributed by atoms with E-state index in [0.29, 0.717) is 23.5 Å². The van der Waals surface area contributed by atoms with Crippen LogP contribution in [-0.4, -0.2) is 28.5 Å². The molecule has 0 bridgehead atoms. The Bertz CT molecular complexity index is 1470. The zero-order valence-corrected chi connectivity index (χ0v) is 19.0. The first kappa shape index (κ1) is 22.4. The molecule has 0 aliphatic heterocycles. The monoisotopic (exact) mass is 486 g/mol. The summed E-state index contributed by atoms with van der Waals surface area (Å²) in [4.78, 5) is 4.54. The molecule has 0 saturated heterocycles. The van der Waals surface area contributed by atoms with Gasteiger partial charge < -0.3 is 0 Å². The zero-order valence-electron chi connectivity index (χ0n) is 18.2. The van der Waals surface area contributed by atoms with Gasteiger partial charge in [0.25, 0.3) is 0 Å². The lowest BCUT2D eigenvalue weighted by atomic mass is 9.98. The first-order valence-corrected chi connectivity index (χ1v) is 12.2. The summed E-state index contributed by atoms with van der Waals surface area (Å²) in [6.07, 6.45) is 4.61. The highest BCUT2D eigenvalue weighted by Crippen LogP contribution is 2.42. The van der Waals surface area contributed by atoms with Gasteiger partial charge in [0.15, 0.2) is 5.65 Å². The maximum absolute atomic E-state index is 12.9. The van der Waals surface area contributed by atoms with Crippen molar-refractivity contribution in [2.45, 2.75) is 37.6 Å². The number of aryl methyl sites for hydroxylation is 1. The number of hydrogen-bond donors (Lipinski definition) is 1. The average Bonchev–Trinajstić information content (AvgIpc) is 3.56. The van der Waals surface area contributed by atoms with Crippen LogP contribution in [0.2, 0.25) is 0 Å². The smallest absolute Gasteiger partial charge is 0.275 e. The van der Waals surface area contributed by atoms with Crippen molar-refractivity contribution in [1.82, 2.24) is 14.6 Å². The number of anilines is 1. The van der Waals surface area contributed by atoms with Crippen LogP contribution in [0.3, 0.4) is 0 Å². The quantitative estimate of drug-likeness (QED) is 0.394. The van der Waals surface area contributed by atoms with Gasteiger partial charge in [0, 0.05) is 35.4 Å². The number of hydrogen-bond acceptors (Lipinski definition) is 4. The second-order valence-electron chi connectivity index (χ2n) is 8.43. The summed E-state index contributed by atoms with van der Waals surface area (Å²) in [5.74, 6) is 0.448. The molecule has 2 heterocycles. The lowest BCUT2D eigenvalue weighted by Crippen LogP contribution is -2.30. The minimum absolute atomic E-state index is 0.133. The van der Waals surface area contributed by atoms with Crippen LogP contribution in [0, 0.1) is 6.92 Å². The summed E-state index contributed by atoms with van der Waals surface area (Å²) in [5.41, 5.74) is 0.404. The van der Waals surface area contributed by atoms with Gasteiger partial charge in [-0.2, -0.15) is 26.7 Å². The predicted octanol–water partition coefficient (Wildman–Crippen LogP) is 5.43. The molecule has 6 nitrogen and oxygen atoms in total. The molecule has 2 aromatic heterocycles. The Morgan fingerprint density at radius 3 is 2.44 bits per heavy atom. The molecule has 2 aromatic carbocycles. The van der Waals surface area contributed by atoms with Crippen LogP contribution in [0.25, 0.3) is 16.8 Å². The van der Waals surface area contributed by atoms with Gasteiger partial charge in [-0.3, -0.25) is 4.72 Å². The summed E-state index contributed by atoms with van der Waals surface area (Å²) in [6.45, 7) is 1.99. The minimum Gasteiger partial charge on any atom is -0.275 e. The van der Waals surface area contributed by atoms with Crippen LogP contribution in [0.5, 0.6) is 0 Å². The van der Waals surface area contributed by atoms with Crippen LogP contribution in [0.1, 0.15) is 41.3 Å². The largest absolute Gasteiger partial charge is 0.516 e. The topological polar surface area (TPSA) is 76.4 Å². The van der Waals surface area contributed by atoms with E-state index in [1.807, 2.05) is 29.6 Å². The lowest BCUT2D eigenvalue weighted by Gasteiger charge is -2.14. The lowest BCUT2D eigenvalue weighted by molar-refractivity contribution is -0.0429. The Labute approximate surface area is 194 Å². The van der Waals surface area contributed by atoms with Crippen LogP contribution in [0.4, 0.5) is 18.9 Å². The highest BCUT2D eigenvalue weighted by atomic mass is 32.2. The Morgan fingerprint density at radius 2 is 1.76 bits per heavy atom. The Hall–Kier alpha value is -3.40. The fourth-order valence-corrected chi connectivity index (χ4v) is 4.59. The second-order valence-corrected chi connectivity index (χ2v) is 10.1. The van der Waals surface area contributed by atoms with Gasteiger partial charge >= 0.3 is 15.5 Å². The highest BCUT2D eigenvalue weighted by Gasteiger charge is 2.46. The Kier molecular flexibility index (Phi) is 5.35. The van der Waals surface area contributed by atoms with Crippen molar-refractivity contribution < 1.29 is 21.6 Å². The Balaban J connectivity index is 1.46. The van der Waals surface area contributed by atoms with Crippen LogP contribution >= 0.6 is 0 Å². The van der Waals surface area contributed by atoms with Crippen molar-refractivity contribution in [1.29, 1.82) is 0 Å². The number of sulfonamides is 1. The molecule has 0 unspecified atom stereocenters. The van der Waals surface area contributed by atoms with Gasteiger partial charge in [0.2, 0.25) is 0 Å². The van der Waals surface area contributed by atoms with Crippen molar-refractivity contribution in [3.05, 3.63) is 83.3 Å². The van der Waals surface area contributed by atoms with Crippen LogP contribution in [0.15, 0.2) is 60.8 Å². The van der Waals surface area contributed by atoms with Gasteiger partial charge in [-0.15, -0.1) is 0 Å². The zero-order chi connectivity index (χ0) is 24.1. The summed E-state index contributed by atoms with van der Waals surface area (Å²) in [7, 11) is -5.52. The third kappa shape index (κ3) is 4.13. The van der Waals surface area contributed by atoms with Gasteiger partial charge in [-0.1, -0.05) is 42.5 Å². The van der Waals surface area contributed by atoms with Crippen LogP contribution < -0.4 is 4.72 Å². The molecule has 0 amide bonds. The normalized spacial score (nSPS) is 14.5. The van der Waals surface area contributed by atoms with Crippen molar-refractivity contribution in [3.8, 4) is 11.1 Å². The summed E-state index contributed by atoms with van der Waals surface area (Å²) < 4.78 is 65.3. The Morgan fingerprint density at radius 1 is 1.06 bits per heavy atom. The number of nitrogens with one attached hydrogen (secondary N) is 1. The first-order valence-electron chi connectivity index (χ1n) is 10.7. The molecule has 0 radical (unpaired) electrons.